The Morgan fingerprint density at radius 1 is 0.929 bits per heavy atom. The molecule has 0 aromatic carbocycles. The maximum absolute atomic E-state index is 11.3. The van der Waals surface area contributed by atoms with Crippen LogP contribution in [0.5, 0.6) is 0 Å². The highest BCUT2D eigenvalue weighted by atomic mass is 35.5. The van der Waals surface area contributed by atoms with Gasteiger partial charge in [-0.1, -0.05) is 0 Å². The standard InChI is InChI=1S/C8H13BN4O4S.C4H4BClN2O2/c14-9(15)7-5-10-8(11-6-7)13-2-1-12-18(16,17)4-3-13;6-4-7-1-3(2-8-4)5(9)10/h5-6,12,14-15H,1-4H2;1-2,9-10H. The van der Waals surface area contributed by atoms with Gasteiger partial charge in [0.2, 0.25) is 21.3 Å². The van der Waals surface area contributed by atoms with E-state index in [0.29, 0.717) is 25.6 Å². The van der Waals surface area contributed by atoms with Gasteiger partial charge in [0.05, 0.1) is 5.75 Å². The van der Waals surface area contributed by atoms with Crippen LogP contribution in [0.3, 0.4) is 0 Å². The molecule has 1 saturated heterocycles. The highest BCUT2D eigenvalue weighted by Crippen LogP contribution is 2.06. The molecule has 2 aromatic rings. The summed E-state index contributed by atoms with van der Waals surface area (Å²) in [6.45, 7) is 1.08. The van der Waals surface area contributed by atoms with E-state index in [1.165, 1.54) is 24.8 Å². The van der Waals surface area contributed by atoms with E-state index >= 15 is 0 Å². The third-order valence-corrected chi connectivity index (χ3v) is 5.07. The van der Waals surface area contributed by atoms with Crippen LogP contribution in [0.25, 0.3) is 0 Å². The molecule has 28 heavy (non-hydrogen) atoms. The minimum absolute atomic E-state index is 0.0132. The van der Waals surface area contributed by atoms with Gasteiger partial charge in [0, 0.05) is 55.3 Å². The Morgan fingerprint density at radius 3 is 1.93 bits per heavy atom. The number of anilines is 1. The van der Waals surface area contributed by atoms with Crippen LogP contribution in [0.2, 0.25) is 5.28 Å². The van der Waals surface area contributed by atoms with Crippen LogP contribution in [0.1, 0.15) is 0 Å². The minimum atomic E-state index is -3.21. The Bertz CT molecular complexity index is 858. The number of nitrogens with one attached hydrogen (secondary N) is 1. The molecule has 0 saturated carbocycles. The first-order chi connectivity index (χ1) is 13.2. The molecule has 12 nitrogen and oxygen atoms in total. The third-order valence-electron chi connectivity index (χ3n) is 3.51. The van der Waals surface area contributed by atoms with Crippen molar-refractivity contribution in [3.8, 4) is 0 Å². The zero-order valence-corrected chi connectivity index (χ0v) is 16.0. The Hall–Kier alpha value is -1.87. The predicted molar refractivity (Wildman–Crippen MR) is 103 cm³/mol. The average Bonchev–Trinajstić information content (AvgIpc) is 2.83. The maximum Gasteiger partial charge on any atom is 0.491 e. The highest BCUT2D eigenvalue weighted by Gasteiger charge is 2.20. The number of sulfonamides is 1. The Kier molecular flexibility index (Phi) is 8.06. The molecule has 1 fully saturated rings. The van der Waals surface area contributed by atoms with Gasteiger partial charge in [-0.15, -0.1) is 0 Å². The molecule has 3 rings (SSSR count). The number of rotatable bonds is 3. The highest BCUT2D eigenvalue weighted by molar-refractivity contribution is 7.89. The van der Waals surface area contributed by atoms with Gasteiger partial charge in [-0.25, -0.2) is 33.1 Å². The molecule has 0 radical (unpaired) electrons. The lowest BCUT2D eigenvalue weighted by atomic mass is 9.83. The zero-order chi connectivity index (χ0) is 20.7. The summed E-state index contributed by atoms with van der Waals surface area (Å²) < 4.78 is 25.1. The molecule has 0 amide bonds. The summed E-state index contributed by atoms with van der Waals surface area (Å²) in [6.07, 6.45) is 5.11. The van der Waals surface area contributed by atoms with Gasteiger partial charge in [-0.3, -0.25) is 0 Å². The Morgan fingerprint density at radius 2 is 1.43 bits per heavy atom. The Labute approximate surface area is 166 Å². The van der Waals surface area contributed by atoms with Gasteiger partial charge in [0.25, 0.3) is 0 Å². The van der Waals surface area contributed by atoms with Crippen LogP contribution in [-0.4, -0.2) is 88.1 Å². The van der Waals surface area contributed by atoms with Gasteiger partial charge in [0.1, 0.15) is 0 Å². The quantitative estimate of drug-likeness (QED) is 0.235. The molecule has 2 aromatic heterocycles. The van der Waals surface area contributed by atoms with Crippen molar-refractivity contribution in [1.29, 1.82) is 0 Å². The number of aromatic nitrogens is 4. The van der Waals surface area contributed by atoms with Gasteiger partial charge in [-0.05, 0) is 11.6 Å². The van der Waals surface area contributed by atoms with Crippen LogP contribution >= 0.6 is 11.6 Å². The van der Waals surface area contributed by atoms with E-state index in [1.54, 1.807) is 4.90 Å². The predicted octanol–water partition coefficient (Wildman–Crippen LogP) is -4.29. The van der Waals surface area contributed by atoms with Crippen LogP contribution in [0.4, 0.5) is 5.95 Å². The topological polar surface area (TPSA) is 182 Å². The average molecular weight is 430 g/mol. The molecule has 5 N–H and O–H groups in total. The molecule has 0 bridgehead atoms. The summed E-state index contributed by atoms with van der Waals surface area (Å²) in [7, 11) is -6.35. The second kappa shape index (κ2) is 10.1. The van der Waals surface area contributed by atoms with E-state index in [0.717, 1.165) is 0 Å². The Balaban J connectivity index is 0.000000237. The van der Waals surface area contributed by atoms with Gasteiger partial charge in [0.15, 0.2) is 0 Å². The molecule has 150 valence electrons. The molecule has 0 spiro atoms. The monoisotopic (exact) mass is 430 g/mol. The summed E-state index contributed by atoms with van der Waals surface area (Å²) in [5, 5.41) is 35.0. The smallest absolute Gasteiger partial charge is 0.423 e. The third kappa shape index (κ3) is 6.94. The van der Waals surface area contributed by atoms with E-state index in [2.05, 4.69) is 24.7 Å². The molecular formula is C12H17B2ClN6O6S. The van der Waals surface area contributed by atoms with Crippen molar-refractivity contribution in [3.05, 3.63) is 30.1 Å². The summed E-state index contributed by atoms with van der Waals surface area (Å²) in [4.78, 5) is 16.8. The van der Waals surface area contributed by atoms with E-state index in [-0.39, 0.29) is 22.0 Å². The summed E-state index contributed by atoms with van der Waals surface area (Å²) in [6, 6.07) is 0. The van der Waals surface area contributed by atoms with Crippen molar-refractivity contribution in [2.75, 3.05) is 30.3 Å². The van der Waals surface area contributed by atoms with E-state index in [9.17, 15) is 8.42 Å². The molecule has 0 unspecified atom stereocenters. The maximum atomic E-state index is 11.3. The van der Waals surface area contributed by atoms with Gasteiger partial charge >= 0.3 is 14.2 Å². The minimum Gasteiger partial charge on any atom is -0.423 e. The lowest BCUT2D eigenvalue weighted by Crippen LogP contribution is -2.34. The fraction of sp³-hybridized carbons (Fsp3) is 0.333. The molecular weight excluding hydrogens is 413 g/mol. The van der Waals surface area contributed by atoms with Crippen LogP contribution in [0.15, 0.2) is 24.8 Å². The molecule has 0 aliphatic carbocycles. The van der Waals surface area contributed by atoms with Crippen molar-refractivity contribution in [2.24, 2.45) is 0 Å². The van der Waals surface area contributed by atoms with Gasteiger partial charge in [-0.2, -0.15) is 0 Å². The molecule has 16 heteroatoms. The van der Waals surface area contributed by atoms with Crippen LogP contribution < -0.4 is 20.5 Å². The molecule has 3 heterocycles. The number of halogens is 1. The fourth-order valence-corrected chi connectivity index (χ4v) is 3.14. The number of hydrogen-bond donors (Lipinski definition) is 5. The van der Waals surface area contributed by atoms with Crippen molar-refractivity contribution < 1.29 is 28.5 Å². The zero-order valence-electron chi connectivity index (χ0n) is 14.4. The summed E-state index contributed by atoms with van der Waals surface area (Å²) in [5.41, 5.74) is 0.420. The second-order valence-electron chi connectivity index (χ2n) is 5.55. The van der Waals surface area contributed by atoms with Crippen molar-refractivity contribution >= 4 is 52.7 Å². The fourth-order valence-electron chi connectivity index (χ4n) is 2.03. The normalized spacial score (nSPS) is 15.8. The van der Waals surface area contributed by atoms with E-state index < -0.39 is 24.3 Å². The van der Waals surface area contributed by atoms with Crippen molar-refractivity contribution in [2.45, 2.75) is 0 Å². The lowest BCUT2D eigenvalue weighted by molar-refractivity contribution is 0.424. The first-order valence-corrected chi connectivity index (χ1v) is 9.95. The molecule has 1 aliphatic heterocycles. The SMILES string of the molecule is O=S1(=O)CCN(c2ncc(B(O)O)cn2)CCN1.OB(O)c1cnc(Cl)nc1. The number of hydrogen-bond acceptors (Lipinski definition) is 11. The summed E-state index contributed by atoms with van der Waals surface area (Å²) in [5.74, 6) is 0.360. The van der Waals surface area contributed by atoms with Crippen LogP contribution in [0, 0.1) is 0 Å². The number of nitrogens with zero attached hydrogens (tertiary/aromatic N) is 5. The van der Waals surface area contributed by atoms with Crippen LogP contribution in [-0.2, 0) is 10.0 Å². The van der Waals surface area contributed by atoms with Gasteiger partial charge < -0.3 is 25.0 Å². The molecule has 0 atom stereocenters. The largest absolute Gasteiger partial charge is 0.491 e. The second-order valence-corrected chi connectivity index (χ2v) is 7.81. The first kappa shape index (κ1) is 22.4. The molecule has 1 aliphatic rings. The first-order valence-electron chi connectivity index (χ1n) is 7.92. The van der Waals surface area contributed by atoms with E-state index in [1.807, 2.05) is 0 Å². The van der Waals surface area contributed by atoms with E-state index in [4.69, 9.17) is 31.7 Å². The lowest BCUT2D eigenvalue weighted by Gasteiger charge is -2.18. The van der Waals surface area contributed by atoms with Crippen molar-refractivity contribution in [1.82, 2.24) is 24.7 Å². The van der Waals surface area contributed by atoms with Crippen molar-refractivity contribution in [3.63, 3.8) is 0 Å². The summed E-state index contributed by atoms with van der Waals surface area (Å²) >= 11 is 5.33.